The lowest BCUT2D eigenvalue weighted by Crippen LogP contribution is -2.37. The second kappa shape index (κ2) is 6.01. The maximum Gasteiger partial charge on any atom is 0.387 e. The number of nitrogens with one attached hydrogen (secondary N) is 2. The van der Waals surface area contributed by atoms with Gasteiger partial charge in [-0.1, -0.05) is 12.1 Å². The van der Waals surface area contributed by atoms with Gasteiger partial charge < -0.3 is 10.1 Å². The summed E-state index contributed by atoms with van der Waals surface area (Å²) in [5.74, 6) is 1.11. The van der Waals surface area contributed by atoms with Crippen molar-refractivity contribution in [2.24, 2.45) is 0 Å². The molecule has 0 aliphatic carbocycles. The van der Waals surface area contributed by atoms with Crippen LogP contribution in [0.1, 0.15) is 0 Å². The lowest BCUT2D eigenvalue weighted by atomic mass is 10.2. The van der Waals surface area contributed by atoms with Gasteiger partial charge >= 0.3 is 6.61 Å². The Hall–Kier alpha value is -1.34. The number of anilines is 1. The molecule has 0 saturated carbocycles. The molecule has 7 heteroatoms. The lowest BCUT2D eigenvalue weighted by molar-refractivity contribution is -0.117. The number of benzene rings is 1. The molecule has 2 N–H and O–H groups in total. The Kier molecular flexibility index (Phi) is 4.38. The Morgan fingerprint density at radius 2 is 2.28 bits per heavy atom. The van der Waals surface area contributed by atoms with Crippen molar-refractivity contribution in [1.29, 1.82) is 0 Å². The normalized spacial score (nSPS) is 18.9. The molecule has 1 aliphatic heterocycles. The molecule has 1 aromatic rings. The first-order chi connectivity index (χ1) is 8.66. The fourth-order valence-corrected chi connectivity index (χ4v) is 2.49. The largest absolute Gasteiger partial charge is 0.433 e. The maximum atomic E-state index is 12.2. The van der Waals surface area contributed by atoms with Crippen molar-refractivity contribution in [2.45, 2.75) is 12.7 Å². The summed E-state index contributed by atoms with van der Waals surface area (Å²) in [6, 6.07) is 5.83. The molecule has 1 fully saturated rings. The molecule has 0 spiro atoms. The van der Waals surface area contributed by atoms with E-state index in [0.29, 0.717) is 11.6 Å². The van der Waals surface area contributed by atoms with E-state index in [-0.39, 0.29) is 23.4 Å². The van der Waals surface area contributed by atoms with Crippen LogP contribution in [0, 0.1) is 0 Å². The number of halogens is 2. The smallest absolute Gasteiger partial charge is 0.387 e. The molecule has 1 heterocycles. The summed E-state index contributed by atoms with van der Waals surface area (Å²) in [5, 5.41) is 5.58. The summed E-state index contributed by atoms with van der Waals surface area (Å²) >= 11 is 1.61. The highest BCUT2D eigenvalue weighted by molar-refractivity contribution is 7.99. The van der Waals surface area contributed by atoms with E-state index in [1.165, 1.54) is 12.1 Å². The van der Waals surface area contributed by atoms with Crippen molar-refractivity contribution in [1.82, 2.24) is 5.32 Å². The van der Waals surface area contributed by atoms with Crippen LogP contribution in [0.2, 0.25) is 0 Å². The van der Waals surface area contributed by atoms with E-state index in [0.717, 1.165) is 0 Å². The number of carbonyl (C=O) groups is 1. The Morgan fingerprint density at radius 1 is 1.50 bits per heavy atom. The standard InChI is InChI=1S/C11H12F2N2O2S/c12-11(13)17-9-4-2-1-3-7(9)15-10(16)8-5-18-6-14-8/h1-4,8,11,14H,5-6H2,(H,15,16). The van der Waals surface area contributed by atoms with Gasteiger partial charge in [-0.3, -0.25) is 10.1 Å². The summed E-state index contributed by atoms with van der Waals surface area (Å²) in [4.78, 5) is 11.8. The Balaban J connectivity index is 2.05. The van der Waals surface area contributed by atoms with E-state index in [4.69, 9.17) is 0 Å². The van der Waals surface area contributed by atoms with Gasteiger partial charge in [0.15, 0.2) is 0 Å². The predicted molar refractivity (Wildman–Crippen MR) is 66.0 cm³/mol. The van der Waals surface area contributed by atoms with Crippen LogP contribution in [0.25, 0.3) is 0 Å². The zero-order valence-corrected chi connectivity index (χ0v) is 10.2. The van der Waals surface area contributed by atoms with E-state index in [1.807, 2.05) is 0 Å². The number of carbonyl (C=O) groups excluding carboxylic acids is 1. The fraction of sp³-hybridized carbons (Fsp3) is 0.364. The van der Waals surface area contributed by atoms with Crippen LogP contribution >= 0.6 is 11.8 Å². The average molecular weight is 274 g/mol. The minimum Gasteiger partial charge on any atom is -0.433 e. The average Bonchev–Trinajstić information content (AvgIpc) is 2.84. The summed E-state index contributed by atoms with van der Waals surface area (Å²) < 4.78 is 28.7. The molecule has 1 saturated heterocycles. The number of para-hydroxylation sites is 2. The van der Waals surface area contributed by atoms with Gasteiger partial charge in [-0.25, -0.2) is 0 Å². The van der Waals surface area contributed by atoms with Gasteiger partial charge in [-0.2, -0.15) is 8.78 Å². The molecule has 1 aromatic carbocycles. The van der Waals surface area contributed by atoms with Crippen molar-refractivity contribution in [3.63, 3.8) is 0 Å². The lowest BCUT2D eigenvalue weighted by Gasteiger charge is -2.14. The summed E-state index contributed by atoms with van der Waals surface area (Å²) in [6.45, 7) is -2.91. The number of alkyl halides is 2. The zero-order chi connectivity index (χ0) is 13.0. The molecule has 0 radical (unpaired) electrons. The van der Waals surface area contributed by atoms with E-state index in [2.05, 4.69) is 15.4 Å². The maximum absolute atomic E-state index is 12.2. The van der Waals surface area contributed by atoms with Crippen LogP contribution in [-0.2, 0) is 4.79 Å². The van der Waals surface area contributed by atoms with Crippen molar-refractivity contribution in [2.75, 3.05) is 16.9 Å². The fourth-order valence-electron chi connectivity index (χ4n) is 1.55. The molecule has 1 amide bonds. The third-order valence-corrected chi connectivity index (χ3v) is 3.33. The first-order valence-electron chi connectivity index (χ1n) is 5.32. The van der Waals surface area contributed by atoms with Gasteiger partial charge in [0.25, 0.3) is 0 Å². The molecule has 98 valence electrons. The van der Waals surface area contributed by atoms with Crippen LogP contribution in [0.5, 0.6) is 5.75 Å². The SMILES string of the molecule is O=C(Nc1ccccc1OC(F)F)C1CSCN1. The molecule has 1 atom stereocenters. The van der Waals surface area contributed by atoms with E-state index >= 15 is 0 Å². The van der Waals surface area contributed by atoms with Crippen molar-refractivity contribution >= 4 is 23.4 Å². The van der Waals surface area contributed by atoms with Crippen molar-refractivity contribution in [3.05, 3.63) is 24.3 Å². The highest BCUT2D eigenvalue weighted by Crippen LogP contribution is 2.26. The number of rotatable bonds is 4. The van der Waals surface area contributed by atoms with Crippen LogP contribution in [0.3, 0.4) is 0 Å². The van der Waals surface area contributed by atoms with Gasteiger partial charge in [0.1, 0.15) is 5.75 Å². The summed E-state index contributed by atoms with van der Waals surface area (Å²) in [5.41, 5.74) is 0.251. The van der Waals surface area contributed by atoms with Crippen LogP contribution < -0.4 is 15.4 Å². The van der Waals surface area contributed by atoms with E-state index < -0.39 is 6.61 Å². The van der Waals surface area contributed by atoms with Crippen LogP contribution in [0.15, 0.2) is 24.3 Å². The molecular weight excluding hydrogens is 262 g/mol. The van der Waals surface area contributed by atoms with E-state index in [1.54, 1.807) is 23.9 Å². The zero-order valence-electron chi connectivity index (χ0n) is 9.36. The molecule has 2 rings (SSSR count). The molecule has 0 bridgehead atoms. The highest BCUT2D eigenvalue weighted by Gasteiger charge is 2.23. The third kappa shape index (κ3) is 3.33. The predicted octanol–water partition coefficient (Wildman–Crippen LogP) is 1.89. The van der Waals surface area contributed by atoms with Crippen LogP contribution in [0.4, 0.5) is 14.5 Å². The molecular formula is C11H12F2N2O2S. The number of hydrogen-bond acceptors (Lipinski definition) is 4. The second-order valence-corrected chi connectivity index (χ2v) is 4.67. The van der Waals surface area contributed by atoms with Gasteiger partial charge in [0.05, 0.1) is 11.7 Å². The monoisotopic (exact) mass is 274 g/mol. The highest BCUT2D eigenvalue weighted by atomic mass is 32.2. The minimum absolute atomic E-state index is 0.0356. The summed E-state index contributed by atoms with van der Waals surface area (Å²) in [7, 11) is 0. The molecule has 1 aliphatic rings. The molecule has 1 unspecified atom stereocenters. The Labute approximate surface area is 107 Å². The number of amides is 1. The molecule has 4 nitrogen and oxygen atoms in total. The summed E-state index contributed by atoms with van der Waals surface area (Å²) in [6.07, 6.45) is 0. The second-order valence-electron chi connectivity index (χ2n) is 3.64. The van der Waals surface area contributed by atoms with Gasteiger partial charge in [0.2, 0.25) is 5.91 Å². The van der Waals surface area contributed by atoms with Gasteiger partial charge in [0, 0.05) is 11.6 Å². The molecule has 0 aromatic heterocycles. The topological polar surface area (TPSA) is 50.4 Å². The number of ether oxygens (including phenoxy) is 1. The number of hydrogen-bond donors (Lipinski definition) is 2. The van der Waals surface area contributed by atoms with Gasteiger partial charge in [-0.05, 0) is 12.1 Å². The molecule has 18 heavy (non-hydrogen) atoms. The first-order valence-corrected chi connectivity index (χ1v) is 6.48. The van der Waals surface area contributed by atoms with Crippen molar-refractivity contribution in [3.8, 4) is 5.75 Å². The third-order valence-electron chi connectivity index (χ3n) is 2.39. The van der Waals surface area contributed by atoms with Crippen LogP contribution in [-0.4, -0.2) is 30.2 Å². The number of thioether (sulfide) groups is 1. The van der Waals surface area contributed by atoms with Gasteiger partial charge in [-0.15, -0.1) is 11.8 Å². The van der Waals surface area contributed by atoms with Crippen molar-refractivity contribution < 1.29 is 18.3 Å². The first kappa shape index (κ1) is 13.1. The minimum atomic E-state index is -2.91. The quantitative estimate of drug-likeness (QED) is 0.880. The van der Waals surface area contributed by atoms with E-state index in [9.17, 15) is 13.6 Å². The Morgan fingerprint density at radius 3 is 2.94 bits per heavy atom. The Bertz CT molecular complexity index is 425.